The lowest BCUT2D eigenvalue weighted by molar-refractivity contribution is 0.0935. The van der Waals surface area contributed by atoms with Crippen LogP contribution in [0.25, 0.3) is 0 Å². The van der Waals surface area contributed by atoms with Crippen molar-refractivity contribution in [2.45, 2.75) is 13.0 Å². The molecule has 2 aromatic rings. The van der Waals surface area contributed by atoms with Crippen LogP contribution in [0.15, 0.2) is 47.1 Å². The van der Waals surface area contributed by atoms with Gasteiger partial charge in [-0.2, -0.15) is 5.26 Å². The zero-order valence-corrected chi connectivity index (χ0v) is 12.4. The number of benzene rings is 1. The first-order valence-corrected chi connectivity index (χ1v) is 6.82. The minimum atomic E-state index is -0.259. The van der Waals surface area contributed by atoms with E-state index in [-0.39, 0.29) is 11.9 Å². The third-order valence-corrected chi connectivity index (χ3v) is 3.37. The van der Waals surface area contributed by atoms with E-state index in [9.17, 15) is 4.79 Å². The normalized spacial score (nSPS) is 11.4. The summed E-state index contributed by atoms with van der Waals surface area (Å²) in [6, 6.07) is 12.7. The van der Waals surface area contributed by atoms with Gasteiger partial charge < -0.3 is 5.32 Å². The lowest BCUT2D eigenvalue weighted by atomic mass is 10.1. The molecule has 1 aromatic carbocycles. The van der Waals surface area contributed by atoms with Crippen molar-refractivity contribution in [1.82, 2.24) is 10.3 Å². The minimum Gasteiger partial charge on any atom is -0.344 e. The van der Waals surface area contributed by atoms with Crippen molar-refractivity contribution in [2.24, 2.45) is 0 Å². The highest BCUT2D eigenvalue weighted by Gasteiger charge is 2.12. The number of carbonyl (C=O) groups is 1. The van der Waals surface area contributed by atoms with Crippen LogP contribution in [0.2, 0.25) is 0 Å². The lowest BCUT2D eigenvalue weighted by Crippen LogP contribution is -2.27. The van der Waals surface area contributed by atoms with Gasteiger partial charge in [-0.25, -0.2) is 4.98 Å². The number of nitrogens with zero attached hydrogens (tertiary/aromatic N) is 2. The van der Waals surface area contributed by atoms with E-state index in [2.05, 4.69) is 26.2 Å². The maximum atomic E-state index is 12.0. The van der Waals surface area contributed by atoms with Crippen LogP contribution in [0, 0.1) is 11.3 Å². The van der Waals surface area contributed by atoms with Gasteiger partial charge in [0.1, 0.15) is 11.8 Å². The monoisotopic (exact) mass is 329 g/mol. The smallest absolute Gasteiger partial charge is 0.270 e. The van der Waals surface area contributed by atoms with Crippen LogP contribution in [-0.4, -0.2) is 10.9 Å². The Morgan fingerprint density at radius 3 is 2.55 bits per heavy atom. The number of pyridine rings is 1. The molecule has 0 spiro atoms. The zero-order chi connectivity index (χ0) is 14.5. The van der Waals surface area contributed by atoms with Gasteiger partial charge in [-0.05, 0) is 36.8 Å². The summed E-state index contributed by atoms with van der Waals surface area (Å²) in [4.78, 5) is 16.0. The van der Waals surface area contributed by atoms with Crippen LogP contribution in [0.3, 0.4) is 0 Å². The van der Waals surface area contributed by atoms with Crippen LogP contribution in [0.5, 0.6) is 0 Å². The van der Waals surface area contributed by atoms with Crippen molar-refractivity contribution in [1.29, 1.82) is 5.26 Å². The fourth-order valence-corrected chi connectivity index (χ4v) is 1.96. The maximum absolute atomic E-state index is 12.0. The molecule has 0 aliphatic carbocycles. The number of halogens is 1. The van der Waals surface area contributed by atoms with Gasteiger partial charge in [-0.3, -0.25) is 4.79 Å². The molecule has 0 unspecified atom stereocenters. The summed E-state index contributed by atoms with van der Waals surface area (Å²) < 4.78 is 0.994. The predicted molar refractivity (Wildman–Crippen MR) is 79.0 cm³/mol. The molecule has 0 aliphatic heterocycles. The fourth-order valence-electron chi connectivity index (χ4n) is 1.70. The second-order valence-corrected chi connectivity index (χ2v) is 5.21. The van der Waals surface area contributed by atoms with Crippen LogP contribution in [0.4, 0.5) is 0 Å². The molecular weight excluding hydrogens is 318 g/mol. The molecule has 20 heavy (non-hydrogen) atoms. The highest BCUT2D eigenvalue weighted by molar-refractivity contribution is 9.10. The number of aromatic nitrogens is 1. The fraction of sp³-hybridized carbons (Fsp3) is 0.133. The van der Waals surface area contributed by atoms with Gasteiger partial charge in [0, 0.05) is 10.7 Å². The first-order chi connectivity index (χ1) is 9.60. The van der Waals surface area contributed by atoms with Crippen LogP contribution in [-0.2, 0) is 0 Å². The molecule has 5 heteroatoms. The molecule has 100 valence electrons. The van der Waals surface area contributed by atoms with Crippen molar-refractivity contribution in [3.05, 3.63) is 63.9 Å². The van der Waals surface area contributed by atoms with E-state index >= 15 is 0 Å². The Morgan fingerprint density at radius 2 is 2.00 bits per heavy atom. The molecule has 0 saturated carbocycles. The number of amides is 1. The molecule has 0 aliphatic rings. The molecule has 4 nitrogen and oxygen atoms in total. The van der Waals surface area contributed by atoms with Crippen molar-refractivity contribution in [3.8, 4) is 6.07 Å². The molecule has 0 fully saturated rings. The Balaban J connectivity index is 2.06. The van der Waals surface area contributed by atoms with Crippen LogP contribution in [0.1, 0.15) is 34.6 Å². The van der Waals surface area contributed by atoms with Crippen LogP contribution < -0.4 is 5.32 Å². The molecule has 0 bridgehead atoms. The predicted octanol–water partition coefficient (Wildman–Crippen LogP) is 3.21. The van der Waals surface area contributed by atoms with E-state index in [4.69, 9.17) is 5.26 Å². The number of carbonyl (C=O) groups excluding carboxylic acids is 1. The highest BCUT2D eigenvalue weighted by Crippen LogP contribution is 2.16. The van der Waals surface area contributed by atoms with Crippen molar-refractivity contribution in [2.75, 3.05) is 0 Å². The van der Waals surface area contributed by atoms with Gasteiger partial charge in [-0.1, -0.05) is 28.1 Å². The topological polar surface area (TPSA) is 65.8 Å². The molecular formula is C15H12BrN3O. The Hall–Kier alpha value is -2.19. The third kappa shape index (κ3) is 3.43. The summed E-state index contributed by atoms with van der Waals surface area (Å²) >= 11 is 3.37. The van der Waals surface area contributed by atoms with E-state index in [1.54, 1.807) is 12.1 Å². The minimum absolute atomic E-state index is 0.118. The zero-order valence-electron chi connectivity index (χ0n) is 10.8. The van der Waals surface area contributed by atoms with Crippen LogP contribution >= 0.6 is 15.9 Å². The first-order valence-electron chi connectivity index (χ1n) is 6.02. The number of hydrogen-bond donors (Lipinski definition) is 1. The van der Waals surface area contributed by atoms with E-state index in [1.807, 2.05) is 37.3 Å². The van der Waals surface area contributed by atoms with Gasteiger partial charge >= 0.3 is 0 Å². The average molecular weight is 330 g/mol. The summed E-state index contributed by atoms with van der Waals surface area (Å²) in [5, 5.41) is 11.6. The number of rotatable bonds is 3. The van der Waals surface area contributed by atoms with Gasteiger partial charge in [0.15, 0.2) is 0 Å². The maximum Gasteiger partial charge on any atom is 0.270 e. The van der Waals surface area contributed by atoms with E-state index in [1.165, 1.54) is 6.20 Å². The molecule has 0 saturated heterocycles. The first kappa shape index (κ1) is 14.2. The summed E-state index contributed by atoms with van der Waals surface area (Å²) in [5.41, 5.74) is 1.74. The van der Waals surface area contributed by atoms with Crippen molar-refractivity contribution in [3.63, 3.8) is 0 Å². The van der Waals surface area contributed by atoms with E-state index in [0.29, 0.717) is 11.3 Å². The molecule has 1 N–H and O–H groups in total. The Morgan fingerprint density at radius 1 is 1.30 bits per heavy atom. The Bertz CT molecular complexity index is 644. The lowest BCUT2D eigenvalue weighted by Gasteiger charge is -2.14. The van der Waals surface area contributed by atoms with Gasteiger partial charge in [0.2, 0.25) is 0 Å². The highest BCUT2D eigenvalue weighted by atomic mass is 79.9. The van der Waals surface area contributed by atoms with E-state index < -0.39 is 0 Å². The Labute approximate surface area is 125 Å². The third-order valence-electron chi connectivity index (χ3n) is 2.84. The largest absolute Gasteiger partial charge is 0.344 e. The molecule has 1 atom stereocenters. The number of nitriles is 1. The summed E-state index contributed by atoms with van der Waals surface area (Å²) in [5.74, 6) is -0.259. The number of nitrogens with one attached hydrogen (secondary N) is 1. The summed E-state index contributed by atoms with van der Waals surface area (Å²) in [6.45, 7) is 1.91. The van der Waals surface area contributed by atoms with Gasteiger partial charge in [0.25, 0.3) is 5.91 Å². The number of hydrogen-bond acceptors (Lipinski definition) is 3. The van der Waals surface area contributed by atoms with Crippen molar-refractivity contribution >= 4 is 21.8 Å². The summed E-state index contributed by atoms with van der Waals surface area (Å²) in [6.07, 6.45) is 1.39. The molecule has 1 amide bonds. The van der Waals surface area contributed by atoms with Crippen molar-refractivity contribution < 1.29 is 4.79 Å². The SMILES string of the molecule is C[C@H](NC(=O)c1ccc(C#N)cn1)c1ccc(Br)cc1. The standard InChI is InChI=1S/C15H12BrN3O/c1-10(12-3-5-13(16)6-4-12)19-15(20)14-7-2-11(8-17)9-18-14/h2-7,9-10H,1H3,(H,19,20)/t10-/m0/s1. The Kier molecular flexibility index (Phi) is 4.49. The van der Waals surface area contributed by atoms with E-state index in [0.717, 1.165) is 10.0 Å². The molecule has 1 aromatic heterocycles. The second kappa shape index (κ2) is 6.31. The summed E-state index contributed by atoms with van der Waals surface area (Å²) in [7, 11) is 0. The second-order valence-electron chi connectivity index (χ2n) is 4.29. The quantitative estimate of drug-likeness (QED) is 0.940. The van der Waals surface area contributed by atoms with Gasteiger partial charge in [-0.15, -0.1) is 0 Å². The molecule has 0 radical (unpaired) electrons. The molecule has 1 heterocycles. The average Bonchev–Trinajstić information content (AvgIpc) is 2.48. The van der Waals surface area contributed by atoms with Gasteiger partial charge in [0.05, 0.1) is 11.6 Å². The molecule has 2 rings (SSSR count).